The Morgan fingerprint density at radius 2 is 1.62 bits per heavy atom. The minimum Gasteiger partial charge on any atom is -0.481 e. The standard InChI is InChI=1S/C23H18F2N2O2/c1-14-20(12-21(28)29)22(16-4-8-18(25)9-5-16)19-10-11-27(23(19)26-14)13-15-2-6-17(24)7-3-15/h2-11H,12-13H2,1H3,(H,28,29). The summed E-state index contributed by atoms with van der Waals surface area (Å²) in [5.41, 5.74) is 4.31. The average molecular weight is 392 g/mol. The molecule has 0 fully saturated rings. The number of rotatable bonds is 5. The Balaban J connectivity index is 1.90. The molecule has 4 aromatic rings. The van der Waals surface area contributed by atoms with Crippen LogP contribution < -0.4 is 0 Å². The molecule has 1 N–H and O–H groups in total. The largest absolute Gasteiger partial charge is 0.481 e. The highest BCUT2D eigenvalue weighted by atomic mass is 19.1. The Morgan fingerprint density at radius 3 is 2.24 bits per heavy atom. The maximum absolute atomic E-state index is 13.4. The fraction of sp³-hybridized carbons (Fsp3) is 0.130. The van der Waals surface area contributed by atoms with Gasteiger partial charge in [-0.2, -0.15) is 0 Å². The van der Waals surface area contributed by atoms with Gasteiger partial charge in [-0.05, 0) is 59.5 Å². The first-order valence-corrected chi connectivity index (χ1v) is 9.13. The molecule has 2 heterocycles. The summed E-state index contributed by atoms with van der Waals surface area (Å²) in [6.07, 6.45) is 1.70. The number of pyridine rings is 1. The van der Waals surface area contributed by atoms with Crippen LogP contribution in [0.25, 0.3) is 22.2 Å². The van der Waals surface area contributed by atoms with Crippen molar-refractivity contribution in [2.24, 2.45) is 0 Å². The molecule has 4 nitrogen and oxygen atoms in total. The highest BCUT2D eigenvalue weighted by molar-refractivity contribution is 5.97. The van der Waals surface area contributed by atoms with Crippen LogP contribution in [0, 0.1) is 18.6 Å². The summed E-state index contributed by atoms with van der Waals surface area (Å²) in [4.78, 5) is 16.1. The van der Waals surface area contributed by atoms with Crippen molar-refractivity contribution in [1.29, 1.82) is 0 Å². The highest BCUT2D eigenvalue weighted by Crippen LogP contribution is 2.34. The maximum atomic E-state index is 13.4. The van der Waals surface area contributed by atoms with E-state index in [1.165, 1.54) is 24.3 Å². The number of hydrogen-bond donors (Lipinski definition) is 1. The van der Waals surface area contributed by atoms with Crippen molar-refractivity contribution in [1.82, 2.24) is 9.55 Å². The Kier molecular flexibility index (Phi) is 4.84. The topological polar surface area (TPSA) is 55.1 Å². The molecule has 0 aliphatic rings. The average Bonchev–Trinajstić information content (AvgIpc) is 3.07. The number of aryl methyl sites for hydroxylation is 1. The van der Waals surface area contributed by atoms with Gasteiger partial charge in [0.1, 0.15) is 17.3 Å². The quantitative estimate of drug-likeness (QED) is 0.522. The maximum Gasteiger partial charge on any atom is 0.307 e. The molecule has 0 amide bonds. The summed E-state index contributed by atoms with van der Waals surface area (Å²) in [6, 6.07) is 14.1. The van der Waals surface area contributed by atoms with Crippen molar-refractivity contribution in [3.05, 3.63) is 89.2 Å². The van der Waals surface area contributed by atoms with E-state index in [1.807, 2.05) is 16.8 Å². The van der Waals surface area contributed by atoms with Crippen molar-refractivity contribution in [3.63, 3.8) is 0 Å². The van der Waals surface area contributed by atoms with Gasteiger partial charge in [-0.25, -0.2) is 13.8 Å². The van der Waals surface area contributed by atoms with Crippen LogP contribution in [0.5, 0.6) is 0 Å². The number of carboxylic acid groups (broad SMARTS) is 1. The number of fused-ring (bicyclic) bond motifs is 1. The van der Waals surface area contributed by atoms with Gasteiger partial charge in [0.05, 0.1) is 6.42 Å². The molecular formula is C23H18F2N2O2. The molecule has 0 aliphatic carbocycles. The lowest BCUT2D eigenvalue weighted by Crippen LogP contribution is -2.07. The summed E-state index contributed by atoms with van der Waals surface area (Å²) in [5.74, 6) is -1.61. The van der Waals surface area contributed by atoms with Gasteiger partial charge in [0.25, 0.3) is 0 Å². The molecule has 146 valence electrons. The predicted octanol–water partition coefficient (Wildman–Crippen LogP) is 4.97. The molecule has 0 radical (unpaired) electrons. The normalized spacial score (nSPS) is 11.1. The minimum absolute atomic E-state index is 0.176. The molecule has 0 atom stereocenters. The Hall–Kier alpha value is -3.54. The first kappa shape index (κ1) is 18.8. The fourth-order valence-corrected chi connectivity index (χ4v) is 3.58. The van der Waals surface area contributed by atoms with Gasteiger partial charge in [-0.3, -0.25) is 4.79 Å². The van der Waals surface area contributed by atoms with E-state index in [0.717, 1.165) is 22.1 Å². The molecule has 2 aromatic carbocycles. The van der Waals surface area contributed by atoms with E-state index in [2.05, 4.69) is 4.98 Å². The van der Waals surface area contributed by atoms with Crippen LogP contribution in [-0.4, -0.2) is 20.6 Å². The second-order valence-corrected chi connectivity index (χ2v) is 6.94. The zero-order valence-electron chi connectivity index (χ0n) is 15.7. The van der Waals surface area contributed by atoms with E-state index < -0.39 is 5.97 Å². The number of halogens is 2. The first-order chi connectivity index (χ1) is 13.9. The molecule has 0 saturated carbocycles. The molecule has 2 aromatic heterocycles. The predicted molar refractivity (Wildman–Crippen MR) is 107 cm³/mol. The van der Waals surface area contributed by atoms with Gasteiger partial charge in [-0.1, -0.05) is 24.3 Å². The summed E-state index contributed by atoms with van der Waals surface area (Å²) < 4.78 is 28.6. The summed E-state index contributed by atoms with van der Waals surface area (Å²) in [5, 5.41) is 10.2. The zero-order valence-corrected chi connectivity index (χ0v) is 15.7. The molecular weight excluding hydrogens is 374 g/mol. The third-order valence-corrected chi connectivity index (χ3v) is 4.94. The van der Waals surface area contributed by atoms with Gasteiger partial charge in [-0.15, -0.1) is 0 Å². The van der Waals surface area contributed by atoms with E-state index >= 15 is 0 Å². The van der Waals surface area contributed by atoms with Crippen molar-refractivity contribution < 1.29 is 18.7 Å². The Labute approximate surface area is 166 Å². The van der Waals surface area contributed by atoms with Crippen molar-refractivity contribution >= 4 is 17.0 Å². The van der Waals surface area contributed by atoms with E-state index in [0.29, 0.717) is 23.4 Å². The highest BCUT2D eigenvalue weighted by Gasteiger charge is 2.19. The molecule has 4 rings (SSSR count). The lowest BCUT2D eigenvalue weighted by Gasteiger charge is -2.14. The number of hydrogen-bond acceptors (Lipinski definition) is 2. The number of carboxylic acids is 1. The molecule has 29 heavy (non-hydrogen) atoms. The van der Waals surface area contributed by atoms with Crippen LogP contribution in [-0.2, 0) is 17.8 Å². The molecule has 0 aliphatic heterocycles. The lowest BCUT2D eigenvalue weighted by atomic mass is 9.94. The third-order valence-electron chi connectivity index (χ3n) is 4.94. The van der Waals surface area contributed by atoms with Gasteiger partial charge < -0.3 is 9.67 Å². The summed E-state index contributed by atoms with van der Waals surface area (Å²) in [7, 11) is 0. The fourth-order valence-electron chi connectivity index (χ4n) is 3.58. The zero-order chi connectivity index (χ0) is 20.5. The number of carbonyl (C=O) groups is 1. The van der Waals surface area contributed by atoms with Crippen molar-refractivity contribution in [2.75, 3.05) is 0 Å². The minimum atomic E-state index is -0.955. The smallest absolute Gasteiger partial charge is 0.307 e. The van der Waals surface area contributed by atoms with Crippen molar-refractivity contribution in [2.45, 2.75) is 19.9 Å². The lowest BCUT2D eigenvalue weighted by molar-refractivity contribution is -0.136. The van der Waals surface area contributed by atoms with Crippen molar-refractivity contribution in [3.8, 4) is 11.1 Å². The molecule has 6 heteroatoms. The van der Waals surface area contributed by atoms with E-state index in [-0.39, 0.29) is 18.1 Å². The van der Waals surface area contributed by atoms with Crippen LogP contribution >= 0.6 is 0 Å². The second-order valence-electron chi connectivity index (χ2n) is 6.94. The molecule has 0 unspecified atom stereocenters. The van der Waals surface area contributed by atoms with Gasteiger partial charge in [0.2, 0.25) is 0 Å². The molecule has 0 bridgehead atoms. The third kappa shape index (κ3) is 3.74. The van der Waals surface area contributed by atoms with Gasteiger partial charge in [0, 0.05) is 23.8 Å². The van der Waals surface area contributed by atoms with E-state index in [9.17, 15) is 18.7 Å². The number of benzene rings is 2. The number of aliphatic carboxylic acids is 1. The van der Waals surface area contributed by atoms with Gasteiger partial charge in [0.15, 0.2) is 0 Å². The monoisotopic (exact) mass is 392 g/mol. The number of nitrogens with zero attached hydrogens (tertiary/aromatic N) is 2. The van der Waals surface area contributed by atoms with Crippen LogP contribution in [0.1, 0.15) is 16.8 Å². The summed E-state index contributed by atoms with van der Waals surface area (Å²) in [6.45, 7) is 2.28. The van der Waals surface area contributed by atoms with Crippen LogP contribution in [0.2, 0.25) is 0 Å². The van der Waals surface area contributed by atoms with Crippen LogP contribution in [0.15, 0.2) is 60.8 Å². The molecule has 0 spiro atoms. The first-order valence-electron chi connectivity index (χ1n) is 9.13. The SMILES string of the molecule is Cc1nc2c(ccn2Cc2ccc(F)cc2)c(-c2ccc(F)cc2)c1CC(=O)O. The Morgan fingerprint density at radius 1 is 1.00 bits per heavy atom. The summed E-state index contributed by atoms with van der Waals surface area (Å²) >= 11 is 0. The Bertz CT molecular complexity index is 1200. The van der Waals surface area contributed by atoms with Gasteiger partial charge >= 0.3 is 5.97 Å². The second kappa shape index (κ2) is 7.47. The molecule has 0 saturated heterocycles. The van der Waals surface area contributed by atoms with E-state index in [1.54, 1.807) is 31.2 Å². The van der Waals surface area contributed by atoms with Crippen LogP contribution in [0.3, 0.4) is 0 Å². The van der Waals surface area contributed by atoms with Crippen LogP contribution in [0.4, 0.5) is 8.78 Å². The van der Waals surface area contributed by atoms with E-state index in [4.69, 9.17) is 0 Å². The number of aromatic nitrogens is 2.